The summed E-state index contributed by atoms with van der Waals surface area (Å²) in [6, 6.07) is 2.22. The Morgan fingerprint density at radius 3 is 3.30 bits per heavy atom. The SMILES string of the molecule is CN(Cc1cc2n(n1)CCCNC2)C[C@H]1COCCO1. The molecule has 0 saturated carbocycles. The molecule has 3 rings (SSSR count). The first-order chi connectivity index (χ1) is 9.81. The Kier molecular flexibility index (Phi) is 4.67. The first-order valence-electron chi connectivity index (χ1n) is 7.45. The summed E-state index contributed by atoms with van der Waals surface area (Å²) in [6.45, 7) is 6.91. The Balaban J connectivity index is 1.54. The summed E-state index contributed by atoms with van der Waals surface area (Å²) >= 11 is 0. The Labute approximate surface area is 120 Å². The fraction of sp³-hybridized carbons (Fsp3) is 0.786. The van der Waals surface area contributed by atoms with Crippen LogP contribution in [-0.4, -0.2) is 60.7 Å². The zero-order valence-corrected chi connectivity index (χ0v) is 12.2. The molecule has 1 aromatic rings. The Morgan fingerprint density at radius 1 is 1.50 bits per heavy atom. The van der Waals surface area contributed by atoms with E-state index in [2.05, 4.69) is 28.0 Å². The van der Waals surface area contributed by atoms with Crippen LogP contribution < -0.4 is 5.32 Å². The minimum Gasteiger partial charge on any atom is -0.376 e. The molecule has 3 heterocycles. The predicted octanol–water partition coefficient (Wildman–Crippen LogP) is 0.224. The van der Waals surface area contributed by atoms with Crippen molar-refractivity contribution in [1.82, 2.24) is 20.0 Å². The maximum absolute atomic E-state index is 5.68. The molecule has 1 N–H and O–H groups in total. The summed E-state index contributed by atoms with van der Waals surface area (Å²) in [4.78, 5) is 2.26. The van der Waals surface area contributed by atoms with Crippen molar-refractivity contribution in [3.8, 4) is 0 Å². The number of nitrogens with one attached hydrogen (secondary N) is 1. The summed E-state index contributed by atoms with van der Waals surface area (Å²) in [5.74, 6) is 0. The zero-order chi connectivity index (χ0) is 13.8. The summed E-state index contributed by atoms with van der Waals surface area (Å²) < 4.78 is 13.3. The third-order valence-corrected chi connectivity index (χ3v) is 3.78. The minimum absolute atomic E-state index is 0.191. The zero-order valence-electron chi connectivity index (χ0n) is 12.2. The van der Waals surface area contributed by atoms with E-state index in [-0.39, 0.29) is 6.10 Å². The maximum Gasteiger partial charge on any atom is 0.0936 e. The molecule has 0 amide bonds. The van der Waals surface area contributed by atoms with Crippen LogP contribution in [0.3, 0.4) is 0 Å². The molecule has 6 heteroatoms. The second kappa shape index (κ2) is 6.67. The molecule has 0 unspecified atom stereocenters. The van der Waals surface area contributed by atoms with Crippen LogP contribution in [0.15, 0.2) is 6.07 Å². The normalized spacial score (nSPS) is 23.6. The third kappa shape index (κ3) is 3.58. The summed E-state index contributed by atoms with van der Waals surface area (Å²) in [7, 11) is 2.11. The van der Waals surface area contributed by atoms with Crippen LogP contribution in [0.4, 0.5) is 0 Å². The molecule has 1 saturated heterocycles. The van der Waals surface area contributed by atoms with Gasteiger partial charge in [0.25, 0.3) is 0 Å². The maximum atomic E-state index is 5.68. The molecule has 0 spiro atoms. The summed E-state index contributed by atoms with van der Waals surface area (Å²) in [5.41, 5.74) is 2.44. The van der Waals surface area contributed by atoms with Crippen molar-refractivity contribution < 1.29 is 9.47 Å². The molecule has 2 aliphatic rings. The van der Waals surface area contributed by atoms with E-state index in [9.17, 15) is 0 Å². The third-order valence-electron chi connectivity index (χ3n) is 3.78. The van der Waals surface area contributed by atoms with Gasteiger partial charge in [-0.2, -0.15) is 5.10 Å². The van der Waals surface area contributed by atoms with Crippen LogP contribution >= 0.6 is 0 Å². The van der Waals surface area contributed by atoms with E-state index in [0.29, 0.717) is 13.2 Å². The second-order valence-electron chi connectivity index (χ2n) is 5.64. The molecule has 2 aliphatic heterocycles. The van der Waals surface area contributed by atoms with Gasteiger partial charge in [0.1, 0.15) is 0 Å². The molecule has 20 heavy (non-hydrogen) atoms. The molecular weight excluding hydrogens is 256 g/mol. The first-order valence-corrected chi connectivity index (χ1v) is 7.45. The molecule has 0 aromatic carbocycles. The van der Waals surface area contributed by atoms with Crippen LogP contribution in [0, 0.1) is 0 Å². The van der Waals surface area contributed by atoms with Crippen molar-refractivity contribution >= 4 is 0 Å². The fourth-order valence-electron chi connectivity index (χ4n) is 2.83. The van der Waals surface area contributed by atoms with Gasteiger partial charge >= 0.3 is 0 Å². The number of hydrogen-bond acceptors (Lipinski definition) is 5. The van der Waals surface area contributed by atoms with Gasteiger partial charge in [-0.3, -0.25) is 9.58 Å². The van der Waals surface area contributed by atoms with Crippen molar-refractivity contribution in [2.24, 2.45) is 0 Å². The molecular formula is C14H24N4O2. The second-order valence-corrected chi connectivity index (χ2v) is 5.64. The molecule has 1 aromatic heterocycles. The van der Waals surface area contributed by atoms with E-state index in [1.807, 2.05) is 0 Å². The van der Waals surface area contributed by atoms with Gasteiger partial charge in [-0.05, 0) is 26.1 Å². The van der Waals surface area contributed by atoms with Gasteiger partial charge < -0.3 is 14.8 Å². The van der Waals surface area contributed by atoms with Crippen molar-refractivity contribution in [2.75, 3.05) is 40.0 Å². The lowest BCUT2D eigenvalue weighted by atomic mass is 10.3. The van der Waals surface area contributed by atoms with E-state index >= 15 is 0 Å². The highest BCUT2D eigenvalue weighted by Gasteiger charge is 2.18. The average molecular weight is 280 g/mol. The molecule has 0 bridgehead atoms. The van der Waals surface area contributed by atoms with Crippen molar-refractivity contribution in [3.63, 3.8) is 0 Å². The smallest absolute Gasteiger partial charge is 0.0936 e. The average Bonchev–Trinajstić information content (AvgIpc) is 2.68. The fourth-order valence-corrected chi connectivity index (χ4v) is 2.83. The van der Waals surface area contributed by atoms with Gasteiger partial charge in [-0.25, -0.2) is 0 Å². The van der Waals surface area contributed by atoms with Crippen LogP contribution in [0.1, 0.15) is 17.8 Å². The van der Waals surface area contributed by atoms with Crippen molar-refractivity contribution in [2.45, 2.75) is 32.2 Å². The van der Waals surface area contributed by atoms with Gasteiger partial charge in [-0.15, -0.1) is 0 Å². The summed E-state index contributed by atoms with van der Waals surface area (Å²) in [6.07, 6.45) is 1.34. The molecule has 0 aliphatic carbocycles. The largest absolute Gasteiger partial charge is 0.376 e. The Hall–Kier alpha value is -0.950. The van der Waals surface area contributed by atoms with E-state index in [1.165, 1.54) is 5.69 Å². The lowest BCUT2D eigenvalue weighted by molar-refractivity contribution is -0.0963. The number of nitrogens with zero attached hydrogens (tertiary/aromatic N) is 3. The van der Waals surface area contributed by atoms with Crippen LogP contribution in [0.5, 0.6) is 0 Å². The minimum atomic E-state index is 0.191. The summed E-state index contributed by atoms with van der Waals surface area (Å²) in [5, 5.41) is 8.13. The first kappa shape index (κ1) is 14.0. The number of aryl methyl sites for hydroxylation is 1. The molecule has 1 fully saturated rings. The van der Waals surface area contributed by atoms with Gasteiger partial charge in [0.2, 0.25) is 0 Å². The lowest BCUT2D eigenvalue weighted by Crippen LogP contribution is -2.38. The molecule has 1 atom stereocenters. The van der Waals surface area contributed by atoms with Crippen molar-refractivity contribution in [3.05, 3.63) is 17.5 Å². The number of ether oxygens (including phenoxy) is 2. The number of aromatic nitrogens is 2. The Bertz CT molecular complexity index is 405. The highest BCUT2D eigenvalue weighted by Crippen LogP contribution is 2.11. The lowest BCUT2D eigenvalue weighted by Gasteiger charge is -2.27. The number of fused-ring (bicyclic) bond motifs is 1. The molecule has 0 radical (unpaired) electrons. The van der Waals surface area contributed by atoms with E-state index in [4.69, 9.17) is 14.6 Å². The van der Waals surface area contributed by atoms with Crippen LogP contribution in [0.2, 0.25) is 0 Å². The van der Waals surface area contributed by atoms with E-state index in [0.717, 1.165) is 51.4 Å². The van der Waals surface area contributed by atoms with E-state index in [1.54, 1.807) is 0 Å². The number of rotatable bonds is 4. The van der Waals surface area contributed by atoms with Crippen LogP contribution in [0.25, 0.3) is 0 Å². The van der Waals surface area contributed by atoms with Gasteiger partial charge in [0.15, 0.2) is 0 Å². The van der Waals surface area contributed by atoms with Crippen molar-refractivity contribution in [1.29, 1.82) is 0 Å². The predicted molar refractivity (Wildman–Crippen MR) is 75.4 cm³/mol. The monoisotopic (exact) mass is 280 g/mol. The Morgan fingerprint density at radius 2 is 2.45 bits per heavy atom. The standard InChI is InChI=1S/C14H24N4O2/c1-17(10-14-11-19-5-6-20-14)9-12-7-13-8-15-3-2-4-18(13)16-12/h7,14-15H,2-6,8-11H2,1H3/t14-/m0/s1. The highest BCUT2D eigenvalue weighted by molar-refractivity contribution is 5.11. The van der Waals surface area contributed by atoms with Gasteiger partial charge in [-0.1, -0.05) is 0 Å². The topological polar surface area (TPSA) is 51.6 Å². The number of hydrogen-bond donors (Lipinski definition) is 1. The molecule has 6 nitrogen and oxygen atoms in total. The molecule has 112 valence electrons. The highest BCUT2D eigenvalue weighted by atomic mass is 16.6. The quantitative estimate of drug-likeness (QED) is 0.855. The number of likely N-dealkylation sites (N-methyl/N-ethyl adjacent to an activating group) is 1. The van der Waals surface area contributed by atoms with E-state index < -0.39 is 0 Å². The van der Waals surface area contributed by atoms with Gasteiger partial charge in [0.05, 0.1) is 37.3 Å². The van der Waals surface area contributed by atoms with Gasteiger partial charge in [0, 0.05) is 26.2 Å². The van der Waals surface area contributed by atoms with Crippen LogP contribution in [-0.2, 0) is 29.1 Å².